The van der Waals surface area contributed by atoms with Gasteiger partial charge in [-0.1, -0.05) is 12.1 Å². The Morgan fingerprint density at radius 2 is 2.06 bits per heavy atom. The number of benzene rings is 1. The summed E-state index contributed by atoms with van der Waals surface area (Å²) in [6, 6.07) is 10.1. The zero-order valence-corrected chi connectivity index (χ0v) is 12.8. The number of ether oxygens (including phenoxy) is 1. The molecule has 4 heteroatoms. The molecule has 2 aromatic rings. The largest absolute Gasteiger partial charge is 0.489 e. The van der Waals surface area contributed by atoms with E-state index in [0.29, 0.717) is 0 Å². The van der Waals surface area contributed by atoms with E-state index >= 15 is 0 Å². The lowest BCUT2D eigenvalue weighted by Crippen LogP contribution is -2.08. The normalized spacial score (nSPS) is 10.7. The Kier molecular flexibility index (Phi) is 4.66. The summed E-state index contributed by atoms with van der Waals surface area (Å²) < 4.78 is 6.93. The molecule has 1 aromatic carbocycles. The second-order valence-electron chi connectivity index (χ2n) is 4.21. The molecule has 0 aliphatic carbocycles. The van der Waals surface area contributed by atoms with Crippen molar-refractivity contribution >= 4 is 33.0 Å². The number of anilines is 1. The molecule has 0 fully saturated rings. The Labute approximate surface area is 120 Å². The average Bonchev–Trinajstić information content (AvgIpc) is 2.73. The Morgan fingerprint density at radius 3 is 2.72 bits per heavy atom. The quantitative estimate of drug-likeness (QED) is 0.843. The molecule has 2 rings (SSSR count). The average molecular weight is 326 g/mol. The fourth-order valence-electron chi connectivity index (χ4n) is 1.60. The summed E-state index contributed by atoms with van der Waals surface area (Å²) in [6.45, 7) is 4.87. The van der Waals surface area contributed by atoms with Gasteiger partial charge in [0.15, 0.2) is 0 Å². The summed E-state index contributed by atoms with van der Waals surface area (Å²) in [4.78, 5) is 1.29. The van der Waals surface area contributed by atoms with Crippen LogP contribution in [0.15, 0.2) is 40.2 Å². The molecule has 2 nitrogen and oxygen atoms in total. The lowest BCUT2D eigenvalue weighted by atomic mass is 10.3. The molecule has 0 atom stereocenters. The zero-order chi connectivity index (χ0) is 13.0. The number of hydrogen-bond donors (Lipinski definition) is 1. The second-order valence-corrected chi connectivity index (χ2v) is 6.06. The van der Waals surface area contributed by atoms with Crippen molar-refractivity contribution in [3.8, 4) is 5.75 Å². The standard InChI is InChI=1S/C14H16BrNOS/c1-10(2)17-13-6-4-3-5-12(13)16-9-14-11(15)7-8-18-14/h3-8,10,16H,9H2,1-2H3. The van der Waals surface area contributed by atoms with Gasteiger partial charge in [0, 0.05) is 9.35 Å². The van der Waals surface area contributed by atoms with E-state index in [9.17, 15) is 0 Å². The second kappa shape index (κ2) is 6.25. The van der Waals surface area contributed by atoms with E-state index in [-0.39, 0.29) is 6.10 Å². The van der Waals surface area contributed by atoms with Gasteiger partial charge < -0.3 is 10.1 Å². The molecule has 1 heterocycles. The molecule has 96 valence electrons. The van der Waals surface area contributed by atoms with Gasteiger partial charge in [-0.25, -0.2) is 0 Å². The maximum Gasteiger partial charge on any atom is 0.142 e. The number of halogens is 1. The van der Waals surface area contributed by atoms with Gasteiger partial charge in [-0.3, -0.25) is 0 Å². The molecule has 0 radical (unpaired) electrons. The van der Waals surface area contributed by atoms with Crippen LogP contribution in [0.4, 0.5) is 5.69 Å². The maximum atomic E-state index is 5.77. The predicted octanol–water partition coefficient (Wildman–Crippen LogP) is 4.91. The fourth-order valence-corrected chi connectivity index (χ4v) is 3.03. The molecular formula is C14H16BrNOS. The van der Waals surface area contributed by atoms with E-state index < -0.39 is 0 Å². The lowest BCUT2D eigenvalue weighted by Gasteiger charge is -2.15. The van der Waals surface area contributed by atoms with Crippen LogP contribution in [0.3, 0.4) is 0 Å². The van der Waals surface area contributed by atoms with E-state index in [1.807, 2.05) is 38.1 Å². The molecular weight excluding hydrogens is 310 g/mol. The van der Waals surface area contributed by atoms with Crippen molar-refractivity contribution in [2.75, 3.05) is 5.32 Å². The van der Waals surface area contributed by atoms with Gasteiger partial charge in [-0.2, -0.15) is 0 Å². The van der Waals surface area contributed by atoms with Crippen LogP contribution in [-0.2, 0) is 6.54 Å². The van der Waals surface area contributed by atoms with Gasteiger partial charge in [0.25, 0.3) is 0 Å². The van der Waals surface area contributed by atoms with Crippen LogP contribution in [0.5, 0.6) is 5.75 Å². The van der Waals surface area contributed by atoms with Crippen LogP contribution >= 0.6 is 27.3 Å². The van der Waals surface area contributed by atoms with Crippen molar-refractivity contribution in [3.63, 3.8) is 0 Å². The summed E-state index contributed by atoms with van der Waals surface area (Å²) in [5.41, 5.74) is 1.03. The first-order valence-corrected chi connectivity index (χ1v) is 7.55. The zero-order valence-electron chi connectivity index (χ0n) is 10.4. The molecule has 0 bridgehead atoms. The number of thiophene rings is 1. The number of nitrogens with one attached hydrogen (secondary N) is 1. The molecule has 1 aromatic heterocycles. The summed E-state index contributed by atoms with van der Waals surface area (Å²) in [6.07, 6.45) is 0.182. The fraction of sp³-hybridized carbons (Fsp3) is 0.286. The summed E-state index contributed by atoms with van der Waals surface area (Å²) >= 11 is 5.28. The molecule has 18 heavy (non-hydrogen) atoms. The Hall–Kier alpha value is -1.00. The number of rotatable bonds is 5. The van der Waals surface area contributed by atoms with Gasteiger partial charge in [-0.05, 0) is 53.4 Å². The van der Waals surface area contributed by atoms with Crippen LogP contribution in [0.25, 0.3) is 0 Å². The van der Waals surface area contributed by atoms with E-state index in [1.165, 1.54) is 4.88 Å². The van der Waals surface area contributed by atoms with Crippen molar-refractivity contribution in [3.05, 3.63) is 45.1 Å². The minimum atomic E-state index is 0.182. The van der Waals surface area contributed by atoms with Crippen molar-refractivity contribution in [1.29, 1.82) is 0 Å². The van der Waals surface area contributed by atoms with Gasteiger partial charge in [0.2, 0.25) is 0 Å². The summed E-state index contributed by atoms with van der Waals surface area (Å²) in [5, 5.41) is 5.50. The SMILES string of the molecule is CC(C)Oc1ccccc1NCc1sccc1Br. The topological polar surface area (TPSA) is 21.3 Å². The molecule has 1 N–H and O–H groups in total. The van der Waals surface area contributed by atoms with Crippen LogP contribution < -0.4 is 10.1 Å². The van der Waals surface area contributed by atoms with Crippen molar-refractivity contribution in [2.24, 2.45) is 0 Å². The summed E-state index contributed by atoms with van der Waals surface area (Å²) in [7, 11) is 0. The third kappa shape index (κ3) is 3.50. The highest BCUT2D eigenvalue weighted by Gasteiger charge is 2.06. The highest BCUT2D eigenvalue weighted by molar-refractivity contribution is 9.10. The van der Waals surface area contributed by atoms with E-state index in [0.717, 1.165) is 22.5 Å². The minimum absolute atomic E-state index is 0.182. The summed E-state index contributed by atoms with van der Waals surface area (Å²) in [5.74, 6) is 0.903. The van der Waals surface area contributed by atoms with Gasteiger partial charge in [-0.15, -0.1) is 11.3 Å². The maximum absolute atomic E-state index is 5.77. The Bertz CT molecular complexity index is 510. The molecule has 0 aliphatic rings. The number of para-hydroxylation sites is 2. The minimum Gasteiger partial charge on any atom is -0.489 e. The van der Waals surface area contributed by atoms with Gasteiger partial charge >= 0.3 is 0 Å². The van der Waals surface area contributed by atoms with E-state index in [4.69, 9.17) is 4.74 Å². The predicted molar refractivity (Wildman–Crippen MR) is 81.6 cm³/mol. The third-order valence-corrected chi connectivity index (χ3v) is 4.31. The first-order valence-electron chi connectivity index (χ1n) is 5.88. The van der Waals surface area contributed by atoms with Crippen molar-refractivity contribution < 1.29 is 4.74 Å². The van der Waals surface area contributed by atoms with Crippen molar-refractivity contribution in [2.45, 2.75) is 26.5 Å². The Balaban J connectivity index is 2.07. The van der Waals surface area contributed by atoms with Crippen LogP contribution in [0.1, 0.15) is 18.7 Å². The number of hydrogen-bond acceptors (Lipinski definition) is 3. The lowest BCUT2D eigenvalue weighted by molar-refractivity contribution is 0.243. The molecule has 0 saturated heterocycles. The molecule has 0 amide bonds. The monoisotopic (exact) mass is 325 g/mol. The first-order chi connectivity index (χ1) is 8.66. The highest BCUT2D eigenvalue weighted by Crippen LogP contribution is 2.28. The van der Waals surface area contributed by atoms with Crippen molar-refractivity contribution in [1.82, 2.24) is 0 Å². The molecule has 0 spiro atoms. The van der Waals surface area contributed by atoms with Crippen LogP contribution in [0.2, 0.25) is 0 Å². The van der Waals surface area contributed by atoms with E-state index in [2.05, 4.69) is 32.7 Å². The Morgan fingerprint density at radius 1 is 1.28 bits per heavy atom. The molecule has 0 unspecified atom stereocenters. The van der Waals surface area contributed by atoms with Gasteiger partial charge in [0.1, 0.15) is 5.75 Å². The third-order valence-electron chi connectivity index (χ3n) is 2.38. The molecule has 0 saturated carbocycles. The highest BCUT2D eigenvalue weighted by atomic mass is 79.9. The van der Waals surface area contributed by atoms with E-state index in [1.54, 1.807) is 11.3 Å². The van der Waals surface area contributed by atoms with Gasteiger partial charge in [0.05, 0.1) is 18.3 Å². The molecule has 0 aliphatic heterocycles. The smallest absolute Gasteiger partial charge is 0.142 e. The van der Waals surface area contributed by atoms with Crippen LogP contribution in [-0.4, -0.2) is 6.10 Å². The van der Waals surface area contributed by atoms with Crippen LogP contribution in [0, 0.1) is 0 Å². The first kappa shape index (κ1) is 13.4.